The maximum Gasteiger partial charge on any atom is 0.123 e. The van der Waals surface area contributed by atoms with Crippen molar-refractivity contribution >= 4 is 33.9 Å². The number of aromatic nitrogens is 1. The largest absolute Gasteiger partial charge is 0.387 e. The first-order chi connectivity index (χ1) is 13.7. The minimum atomic E-state index is -1.01. The predicted molar refractivity (Wildman–Crippen MR) is 116 cm³/mol. The van der Waals surface area contributed by atoms with Gasteiger partial charge in [-0.05, 0) is 63.6 Å². The van der Waals surface area contributed by atoms with Crippen LogP contribution >= 0.6 is 12.1 Å². The minimum Gasteiger partial charge on any atom is -0.387 e. The fourth-order valence-electron chi connectivity index (χ4n) is 4.08. The Morgan fingerprint density at radius 3 is 2.14 bits per heavy atom. The number of β-amino-alcohol motifs (C(OH)–C–C–N with tert-alkyl or cyclic N) is 1. The van der Waals surface area contributed by atoms with E-state index in [1.54, 1.807) is 24.3 Å². The van der Waals surface area contributed by atoms with Gasteiger partial charge in [0.2, 0.25) is 0 Å². The normalized spacial score (nSPS) is 18.7. The van der Waals surface area contributed by atoms with Crippen LogP contribution in [0.4, 0.5) is 8.78 Å². The molecule has 1 aliphatic rings. The van der Waals surface area contributed by atoms with Crippen LogP contribution < -0.4 is 0 Å². The molecule has 1 fully saturated rings. The van der Waals surface area contributed by atoms with E-state index in [4.69, 9.17) is 0 Å². The molecule has 1 N–H and O–H groups in total. The second kappa shape index (κ2) is 7.87. The quantitative estimate of drug-likeness (QED) is 0.602. The molecule has 7 heteroatoms. The third-order valence-electron chi connectivity index (χ3n) is 5.39. The highest BCUT2D eigenvalue weighted by molar-refractivity contribution is 7.94. The molecule has 1 aliphatic heterocycles. The number of halogens is 2. The summed E-state index contributed by atoms with van der Waals surface area (Å²) in [6.07, 6.45) is 1.06. The van der Waals surface area contributed by atoms with Crippen molar-refractivity contribution in [2.45, 2.75) is 45.4 Å². The van der Waals surface area contributed by atoms with Crippen LogP contribution in [-0.4, -0.2) is 49.6 Å². The van der Waals surface area contributed by atoms with E-state index in [1.807, 2.05) is 11.5 Å². The van der Waals surface area contributed by atoms with Gasteiger partial charge in [-0.2, -0.15) is 0 Å². The maximum absolute atomic E-state index is 13.9. The molecule has 3 aromatic rings. The summed E-state index contributed by atoms with van der Waals surface area (Å²) < 4.78 is 34.2. The fourth-order valence-corrected chi connectivity index (χ4v) is 5.33. The topological polar surface area (TPSA) is 31.6 Å². The minimum absolute atomic E-state index is 0.336. The van der Waals surface area contributed by atoms with Gasteiger partial charge in [0.15, 0.2) is 0 Å². The highest BCUT2D eigenvalue weighted by atomic mass is 32.2. The molecule has 0 amide bonds. The van der Waals surface area contributed by atoms with Gasteiger partial charge in [0, 0.05) is 59.6 Å². The van der Waals surface area contributed by atoms with Crippen LogP contribution in [0.25, 0.3) is 21.8 Å². The lowest BCUT2D eigenvalue weighted by Crippen LogP contribution is -2.46. The molecule has 1 saturated heterocycles. The molecule has 1 unspecified atom stereocenters. The van der Waals surface area contributed by atoms with Crippen molar-refractivity contribution in [2.24, 2.45) is 0 Å². The van der Waals surface area contributed by atoms with E-state index in [9.17, 15) is 13.9 Å². The number of benzene rings is 2. The van der Waals surface area contributed by atoms with Crippen LogP contribution in [-0.2, 0) is 6.54 Å². The smallest absolute Gasteiger partial charge is 0.123 e. The molecule has 29 heavy (non-hydrogen) atoms. The molecule has 0 radical (unpaired) electrons. The number of hydrogen-bond donors (Lipinski definition) is 1. The molecule has 4 nitrogen and oxygen atoms in total. The summed E-state index contributed by atoms with van der Waals surface area (Å²) in [5.41, 5.74) is 0.582. The molecule has 0 saturated carbocycles. The molecule has 1 atom stereocenters. The summed E-state index contributed by atoms with van der Waals surface area (Å²) >= 11 is 1.69. The first-order valence-electron chi connectivity index (χ1n) is 10.0. The highest BCUT2D eigenvalue weighted by Gasteiger charge is 2.30. The van der Waals surface area contributed by atoms with E-state index in [1.165, 1.54) is 24.3 Å². The van der Waals surface area contributed by atoms with Crippen LogP contribution in [0.3, 0.4) is 0 Å². The van der Waals surface area contributed by atoms with E-state index in [2.05, 4.69) is 22.5 Å². The van der Waals surface area contributed by atoms with E-state index in [-0.39, 0.29) is 11.6 Å². The molecule has 1 aromatic heterocycles. The Labute approximate surface area is 174 Å². The molecule has 2 heterocycles. The van der Waals surface area contributed by atoms with Crippen LogP contribution in [0.2, 0.25) is 0 Å². The van der Waals surface area contributed by atoms with Gasteiger partial charge in [0.05, 0.1) is 12.1 Å². The third kappa shape index (κ3) is 4.28. The average molecular weight is 420 g/mol. The number of aliphatic hydroxyl groups is 1. The summed E-state index contributed by atoms with van der Waals surface area (Å²) in [4.78, 5) is 0. The molecule has 4 rings (SSSR count). The lowest BCUT2D eigenvalue weighted by molar-refractivity contribution is 0.0255. The van der Waals surface area contributed by atoms with Crippen LogP contribution in [0.1, 0.15) is 27.2 Å². The van der Waals surface area contributed by atoms with Crippen molar-refractivity contribution in [1.82, 2.24) is 13.2 Å². The Kier molecular flexibility index (Phi) is 5.59. The maximum atomic E-state index is 13.9. The Hall–Kier alpha value is -1.67. The Morgan fingerprint density at radius 1 is 1.00 bits per heavy atom. The summed E-state index contributed by atoms with van der Waals surface area (Å²) in [5, 5.41) is 12.6. The van der Waals surface area contributed by atoms with Crippen molar-refractivity contribution in [3.63, 3.8) is 0 Å². The van der Waals surface area contributed by atoms with E-state index in [0.717, 1.165) is 30.5 Å². The Bertz CT molecular complexity index is 974. The van der Waals surface area contributed by atoms with Gasteiger partial charge in [-0.1, -0.05) is 0 Å². The first kappa shape index (κ1) is 20.6. The van der Waals surface area contributed by atoms with Gasteiger partial charge < -0.3 is 9.67 Å². The standard InChI is InChI=1S/C22H27F2N3OS/c1-15(2)27-10-4-9-25(29-27)13-22(3,28)14-26-20-7-5-16(23)11-18(20)19-12-17(24)6-8-21(19)26/h5-8,11-12,15,28H,4,9-10,13-14H2,1-3H3. The lowest BCUT2D eigenvalue weighted by Gasteiger charge is -2.39. The zero-order chi connectivity index (χ0) is 20.8. The molecular formula is C22H27F2N3OS. The summed E-state index contributed by atoms with van der Waals surface area (Å²) in [6, 6.07) is 9.53. The summed E-state index contributed by atoms with van der Waals surface area (Å²) in [7, 11) is 0. The Balaban J connectivity index is 1.65. The molecular weight excluding hydrogens is 392 g/mol. The Morgan fingerprint density at radius 2 is 1.59 bits per heavy atom. The summed E-state index contributed by atoms with van der Waals surface area (Å²) in [5.74, 6) is -0.711. The van der Waals surface area contributed by atoms with E-state index < -0.39 is 5.60 Å². The zero-order valence-electron chi connectivity index (χ0n) is 17.0. The lowest BCUT2D eigenvalue weighted by atomic mass is 10.1. The molecule has 2 aromatic carbocycles. The van der Waals surface area contributed by atoms with Crippen LogP contribution in [0, 0.1) is 11.6 Å². The molecule has 0 aliphatic carbocycles. The van der Waals surface area contributed by atoms with Crippen molar-refractivity contribution in [2.75, 3.05) is 19.6 Å². The van der Waals surface area contributed by atoms with Crippen molar-refractivity contribution in [1.29, 1.82) is 0 Å². The van der Waals surface area contributed by atoms with Crippen molar-refractivity contribution in [3.05, 3.63) is 48.0 Å². The second-order valence-corrected chi connectivity index (χ2v) is 9.59. The zero-order valence-corrected chi connectivity index (χ0v) is 17.8. The van der Waals surface area contributed by atoms with Crippen molar-refractivity contribution < 1.29 is 13.9 Å². The number of hydrogen-bond acceptors (Lipinski definition) is 4. The average Bonchev–Trinajstić information content (AvgIpc) is 2.93. The monoisotopic (exact) mass is 419 g/mol. The van der Waals surface area contributed by atoms with Crippen LogP contribution in [0.15, 0.2) is 36.4 Å². The predicted octanol–water partition coefficient (Wildman–Crippen LogP) is 4.80. The fraction of sp³-hybridized carbons (Fsp3) is 0.455. The van der Waals surface area contributed by atoms with Gasteiger partial charge in [-0.3, -0.25) is 0 Å². The highest BCUT2D eigenvalue weighted by Crippen LogP contribution is 2.33. The first-order valence-corrected chi connectivity index (χ1v) is 10.8. The second-order valence-electron chi connectivity index (χ2n) is 8.44. The van der Waals surface area contributed by atoms with E-state index in [0.29, 0.717) is 29.9 Å². The number of nitrogens with zero attached hydrogens (tertiary/aromatic N) is 3. The number of rotatable bonds is 5. The summed E-state index contributed by atoms with van der Waals surface area (Å²) in [6.45, 7) is 8.98. The van der Waals surface area contributed by atoms with Gasteiger partial charge in [0.1, 0.15) is 11.6 Å². The van der Waals surface area contributed by atoms with E-state index >= 15 is 0 Å². The molecule has 156 valence electrons. The van der Waals surface area contributed by atoms with Crippen LogP contribution in [0.5, 0.6) is 0 Å². The van der Waals surface area contributed by atoms with Crippen molar-refractivity contribution in [3.8, 4) is 0 Å². The van der Waals surface area contributed by atoms with Gasteiger partial charge in [0.25, 0.3) is 0 Å². The van der Waals surface area contributed by atoms with Gasteiger partial charge in [-0.25, -0.2) is 17.4 Å². The van der Waals surface area contributed by atoms with Gasteiger partial charge in [-0.15, -0.1) is 0 Å². The third-order valence-corrected chi connectivity index (χ3v) is 6.74. The SMILES string of the molecule is CC(C)N1CCCN(CC(C)(O)Cn2c3ccc(F)cc3c3cc(F)ccc32)S1. The number of fused-ring (bicyclic) bond motifs is 3. The van der Waals surface area contributed by atoms with Gasteiger partial charge >= 0.3 is 0 Å². The molecule has 0 spiro atoms. The molecule has 0 bridgehead atoms.